The van der Waals surface area contributed by atoms with Gasteiger partial charge in [-0.2, -0.15) is 0 Å². The molecule has 2 unspecified atom stereocenters. The zero-order valence-electron chi connectivity index (χ0n) is 10.2. The molecule has 1 aliphatic heterocycles. The maximum absolute atomic E-state index is 13.4. The summed E-state index contributed by atoms with van der Waals surface area (Å²) in [5.41, 5.74) is 2.56. The van der Waals surface area contributed by atoms with Crippen LogP contribution in [0.5, 0.6) is 0 Å². The van der Waals surface area contributed by atoms with Gasteiger partial charge < -0.3 is 5.32 Å². The molecule has 2 atom stereocenters. The van der Waals surface area contributed by atoms with Crippen LogP contribution in [-0.4, -0.2) is 31.1 Å². The van der Waals surface area contributed by atoms with Crippen LogP contribution >= 0.6 is 0 Å². The Balaban J connectivity index is 1.92. The summed E-state index contributed by atoms with van der Waals surface area (Å²) in [6.07, 6.45) is 1.09. The Morgan fingerprint density at radius 1 is 1.29 bits per heavy atom. The highest BCUT2D eigenvalue weighted by atomic mass is 19.1. The average molecular weight is 234 g/mol. The van der Waals surface area contributed by atoms with Crippen molar-refractivity contribution in [3.8, 4) is 0 Å². The van der Waals surface area contributed by atoms with E-state index in [-0.39, 0.29) is 5.82 Å². The monoisotopic (exact) mass is 234 g/mol. The highest BCUT2D eigenvalue weighted by molar-refractivity contribution is 5.36. The molecule has 0 bridgehead atoms. The first-order valence-corrected chi connectivity index (χ1v) is 6.49. The molecule has 0 spiro atoms. The van der Waals surface area contributed by atoms with Crippen LogP contribution in [0.2, 0.25) is 0 Å². The van der Waals surface area contributed by atoms with E-state index in [0.717, 1.165) is 32.6 Å². The highest BCUT2D eigenvalue weighted by Gasteiger charge is 2.34. The lowest BCUT2D eigenvalue weighted by Crippen LogP contribution is -2.45. The quantitative estimate of drug-likeness (QED) is 0.799. The molecular weight excluding hydrogens is 215 g/mol. The third-order valence-electron chi connectivity index (χ3n) is 4.05. The zero-order valence-corrected chi connectivity index (χ0v) is 10.2. The Kier molecular flexibility index (Phi) is 2.89. The maximum Gasteiger partial charge on any atom is 0.123 e. The van der Waals surface area contributed by atoms with E-state index in [1.54, 1.807) is 12.1 Å². The fraction of sp³-hybridized carbons (Fsp3) is 0.571. The second-order valence-electron chi connectivity index (χ2n) is 5.26. The number of piperazine rings is 1. The van der Waals surface area contributed by atoms with E-state index in [2.05, 4.69) is 17.1 Å². The molecule has 2 nitrogen and oxygen atoms in total. The summed E-state index contributed by atoms with van der Waals surface area (Å²) >= 11 is 0. The molecule has 17 heavy (non-hydrogen) atoms. The molecular formula is C14H19FN2. The summed E-state index contributed by atoms with van der Waals surface area (Å²) in [4.78, 5) is 2.51. The van der Waals surface area contributed by atoms with E-state index < -0.39 is 0 Å². The minimum absolute atomic E-state index is 0.0991. The minimum Gasteiger partial charge on any atom is -0.314 e. The first-order chi connectivity index (χ1) is 8.25. The third kappa shape index (κ3) is 1.98. The van der Waals surface area contributed by atoms with Crippen molar-refractivity contribution in [2.75, 3.05) is 26.2 Å². The molecule has 2 aliphatic rings. The summed E-state index contributed by atoms with van der Waals surface area (Å²) in [6.45, 7) is 6.53. The molecule has 1 saturated heterocycles. The average Bonchev–Trinajstić information content (AvgIpc) is 2.65. The Labute approximate surface area is 102 Å². The first kappa shape index (κ1) is 11.2. The molecule has 1 aliphatic carbocycles. The van der Waals surface area contributed by atoms with Gasteiger partial charge in [-0.05, 0) is 35.6 Å². The van der Waals surface area contributed by atoms with Gasteiger partial charge in [0.15, 0.2) is 0 Å². The smallest absolute Gasteiger partial charge is 0.123 e. The van der Waals surface area contributed by atoms with E-state index in [1.807, 2.05) is 6.07 Å². The summed E-state index contributed by atoms with van der Waals surface area (Å²) in [5, 5.41) is 3.37. The highest BCUT2D eigenvalue weighted by Crippen LogP contribution is 2.40. The number of hydrogen-bond acceptors (Lipinski definition) is 2. The molecule has 1 fully saturated rings. The van der Waals surface area contributed by atoms with Crippen molar-refractivity contribution in [2.45, 2.75) is 19.4 Å². The van der Waals surface area contributed by atoms with Crippen LogP contribution < -0.4 is 5.32 Å². The lowest BCUT2D eigenvalue weighted by Gasteiger charge is -2.35. The van der Waals surface area contributed by atoms with Crippen LogP contribution in [0.1, 0.15) is 24.1 Å². The van der Waals surface area contributed by atoms with Crippen molar-refractivity contribution >= 4 is 0 Å². The van der Waals surface area contributed by atoms with Crippen molar-refractivity contribution < 1.29 is 4.39 Å². The zero-order chi connectivity index (χ0) is 11.8. The van der Waals surface area contributed by atoms with E-state index >= 15 is 0 Å². The second-order valence-corrected chi connectivity index (χ2v) is 5.26. The Morgan fingerprint density at radius 3 is 2.82 bits per heavy atom. The van der Waals surface area contributed by atoms with Crippen molar-refractivity contribution in [3.63, 3.8) is 0 Å². The minimum atomic E-state index is -0.0991. The molecule has 0 amide bonds. The van der Waals surface area contributed by atoms with E-state index in [9.17, 15) is 4.39 Å². The summed E-state index contributed by atoms with van der Waals surface area (Å²) < 4.78 is 13.4. The van der Waals surface area contributed by atoms with Gasteiger partial charge in [0.1, 0.15) is 5.82 Å². The summed E-state index contributed by atoms with van der Waals surface area (Å²) in [6, 6.07) is 5.71. The van der Waals surface area contributed by atoms with Crippen molar-refractivity contribution in [1.82, 2.24) is 10.2 Å². The molecule has 0 radical (unpaired) electrons. The molecule has 1 aromatic carbocycles. The summed E-state index contributed by atoms with van der Waals surface area (Å²) in [5.74, 6) is 0.503. The molecule has 0 saturated carbocycles. The Morgan fingerprint density at radius 2 is 2.06 bits per heavy atom. The molecule has 92 valence electrons. The van der Waals surface area contributed by atoms with E-state index in [4.69, 9.17) is 0 Å². The van der Waals surface area contributed by atoms with Gasteiger partial charge in [-0.3, -0.25) is 4.90 Å². The van der Waals surface area contributed by atoms with E-state index in [1.165, 1.54) is 11.1 Å². The van der Waals surface area contributed by atoms with Crippen LogP contribution in [0.3, 0.4) is 0 Å². The lowest BCUT2D eigenvalue weighted by atomic mass is 10.00. The standard InChI is InChI=1S/C14H19FN2/c1-10-8-11-2-3-12(15)9-13(11)14(10)17-6-4-16-5-7-17/h2-3,9-10,14,16H,4-8H2,1H3. The van der Waals surface area contributed by atoms with Gasteiger partial charge in [0.05, 0.1) is 0 Å². The predicted molar refractivity (Wildman–Crippen MR) is 66.5 cm³/mol. The fourth-order valence-corrected chi connectivity index (χ4v) is 3.31. The third-order valence-corrected chi connectivity index (χ3v) is 4.05. The number of benzene rings is 1. The van der Waals surface area contributed by atoms with Gasteiger partial charge in [-0.25, -0.2) is 4.39 Å². The van der Waals surface area contributed by atoms with E-state index in [0.29, 0.717) is 12.0 Å². The molecule has 1 heterocycles. The van der Waals surface area contributed by atoms with Crippen molar-refractivity contribution in [2.24, 2.45) is 5.92 Å². The van der Waals surface area contributed by atoms with Crippen molar-refractivity contribution in [1.29, 1.82) is 0 Å². The lowest BCUT2D eigenvalue weighted by molar-refractivity contribution is 0.141. The van der Waals surface area contributed by atoms with Gasteiger partial charge in [-0.15, -0.1) is 0 Å². The molecule has 1 N–H and O–H groups in total. The molecule has 3 heteroatoms. The van der Waals surface area contributed by atoms with Crippen LogP contribution in [-0.2, 0) is 6.42 Å². The largest absolute Gasteiger partial charge is 0.314 e. The maximum atomic E-state index is 13.4. The van der Waals surface area contributed by atoms with Gasteiger partial charge in [-0.1, -0.05) is 13.0 Å². The number of nitrogens with one attached hydrogen (secondary N) is 1. The van der Waals surface area contributed by atoms with Gasteiger partial charge >= 0.3 is 0 Å². The number of halogens is 1. The van der Waals surface area contributed by atoms with Crippen LogP contribution in [0.25, 0.3) is 0 Å². The van der Waals surface area contributed by atoms with Crippen molar-refractivity contribution in [3.05, 3.63) is 35.1 Å². The molecule has 0 aromatic heterocycles. The molecule has 1 aromatic rings. The van der Waals surface area contributed by atoms with Gasteiger partial charge in [0, 0.05) is 32.2 Å². The van der Waals surface area contributed by atoms with Gasteiger partial charge in [0.25, 0.3) is 0 Å². The number of rotatable bonds is 1. The summed E-state index contributed by atoms with van der Waals surface area (Å²) in [7, 11) is 0. The first-order valence-electron chi connectivity index (χ1n) is 6.49. The molecule has 3 rings (SSSR count). The van der Waals surface area contributed by atoms with Crippen LogP contribution in [0.15, 0.2) is 18.2 Å². The number of fused-ring (bicyclic) bond motifs is 1. The fourth-order valence-electron chi connectivity index (χ4n) is 3.31. The number of nitrogens with zero attached hydrogens (tertiary/aromatic N) is 1. The normalized spacial score (nSPS) is 29.3. The number of hydrogen-bond donors (Lipinski definition) is 1. The second kappa shape index (κ2) is 4.39. The predicted octanol–water partition coefficient (Wildman–Crippen LogP) is 1.96. The topological polar surface area (TPSA) is 15.3 Å². The van der Waals surface area contributed by atoms with Crippen LogP contribution in [0, 0.1) is 11.7 Å². The Hall–Kier alpha value is -0.930. The van der Waals surface area contributed by atoms with Gasteiger partial charge in [0.2, 0.25) is 0 Å². The SMILES string of the molecule is CC1Cc2ccc(F)cc2C1N1CCNCC1. The van der Waals surface area contributed by atoms with Crippen LogP contribution in [0.4, 0.5) is 4.39 Å². The Bertz CT molecular complexity index is 413.